The second-order valence-corrected chi connectivity index (χ2v) is 6.14. The van der Waals surface area contributed by atoms with Gasteiger partial charge in [-0.15, -0.1) is 0 Å². The number of hydrogen-bond donors (Lipinski definition) is 2. The zero-order chi connectivity index (χ0) is 15.3. The van der Waals surface area contributed by atoms with Crippen LogP contribution in [0.4, 0.5) is 17.3 Å². The van der Waals surface area contributed by atoms with E-state index < -0.39 is 0 Å². The maximum atomic E-state index is 4.30. The molecule has 4 heteroatoms. The molecule has 0 unspecified atom stereocenters. The van der Waals surface area contributed by atoms with Crippen molar-refractivity contribution in [1.29, 1.82) is 0 Å². The average Bonchev–Trinajstić information content (AvgIpc) is 2.45. The largest absolute Gasteiger partial charge is 0.370 e. The first-order chi connectivity index (χ1) is 10.0. The van der Waals surface area contributed by atoms with Crippen LogP contribution in [0, 0.1) is 0 Å². The van der Waals surface area contributed by atoms with Crippen LogP contribution in [0.2, 0.25) is 0 Å². The lowest BCUT2D eigenvalue weighted by Gasteiger charge is -2.23. The fourth-order valence-corrected chi connectivity index (χ4v) is 2.16. The van der Waals surface area contributed by atoms with Crippen molar-refractivity contribution in [3.63, 3.8) is 0 Å². The molecular formula is C17H24N4. The highest BCUT2D eigenvalue weighted by molar-refractivity contribution is 5.63. The van der Waals surface area contributed by atoms with Gasteiger partial charge in [-0.3, -0.25) is 0 Å². The Morgan fingerprint density at radius 1 is 1.05 bits per heavy atom. The Hall–Kier alpha value is -2.10. The van der Waals surface area contributed by atoms with Gasteiger partial charge in [-0.1, -0.05) is 45.9 Å². The number of nitrogens with zero attached hydrogens (tertiary/aromatic N) is 2. The van der Waals surface area contributed by atoms with Gasteiger partial charge in [0, 0.05) is 18.3 Å². The third-order valence-electron chi connectivity index (χ3n) is 3.22. The van der Waals surface area contributed by atoms with Crippen molar-refractivity contribution in [3.8, 4) is 0 Å². The maximum absolute atomic E-state index is 4.30. The summed E-state index contributed by atoms with van der Waals surface area (Å²) in [6, 6.07) is 10.3. The van der Waals surface area contributed by atoms with Crippen molar-refractivity contribution in [3.05, 3.63) is 42.2 Å². The summed E-state index contributed by atoms with van der Waals surface area (Å²) in [7, 11) is 0. The lowest BCUT2D eigenvalue weighted by molar-refractivity contribution is 0.592. The van der Waals surface area contributed by atoms with E-state index in [4.69, 9.17) is 0 Å². The summed E-state index contributed by atoms with van der Waals surface area (Å²) in [5, 5.41) is 6.68. The van der Waals surface area contributed by atoms with E-state index in [-0.39, 0.29) is 5.41 Å². The fraction of sp³-hybridized carbons (Fsp3) is 0.412. The van der Waals surface area contributed by atoms with Crippen molar-refractivity contribution in [2.24, 2.45) is 0 Å². The van der Waals surface area contributed by atoms with Crippen molar-refractivity contribution in [2.45, 2.75) is 39.5 Å². The summed E-state index contributed by atoms with van der Waals surface area (Å²) in [5.74, 6) is 1.66. The molecule has 1 heterocycles. The van der Waals surface area contributed by atoms with Gasteiger partial charge in [-0.25, -0.2) is 9.97 Å². The highest BCUT2D eigenvalue weighted by Gasteiger charge is 2.17. The second kappa shape index (κ2) is 6.57. The number of hydrogen-bond acceptors (Lipinski definition) is 4. The predicted octanol–water partition coefficient (Wildman–Crippen LogP) is 4.34. The number of anilines is 3. The Bertz CT molecular complexity index is 587. The molecule has 2 rings (SSSR count). The quantitative estimate of drug-likeness (QED) is 0.857. The number of rotatable bonds is 5. The number of benzene rings is 1. The minimum absolute atomic E-state index is 0.0832. The molecule has 1 aromatic carbocycles. The molecule has 0 spiro atoms. The summed E-state index contributed by atoms with van der Waals surface area (Å²) in [6.45, 7) is 9.67. The third-order valence-corrected chi connectivity index (χ3v) is 3.22. The van der Waals surface area contributed by atoms with Crippen molar-refractivity contribution in [1.82, 2.24) is 9.97 Å². The van der Waals surface area contributed by atoms with Gasteiger partial charge >= 0.3 is 0 Å². The number of aromatic nitrogens is 2. The zero-order valence-corrected chi connectivity index (χ0v) is 13.3. The summed E-state index contributed by atoms with van der Waals surface area (Å²) in [4.78, 5) is 8.53. The first kappa shape index (κ1) is 15.3. The van der Waals surface area contributed by atoms with E-state index in [1.807, 2.05) is 12.1 Å². The van der Waals surface area contributed by atoms with Crippen LogP contribution in [0.1, 0.15) is 39.7 Å². The molecule has 4 nitrogen and oxygen atoms in total. The molecule has 0 fully saturated rings. The third kappa shape index (κ3) is 4.18. The summed E-state index contributed by atoms with van der Waals surface area (Å²) in [6.07, 6.45) is 2.65. The summed E-state index contributed by atoms with van der Waals surface area (Å²) in [5.41, 5.74) is 2.44. The molecule has 2 N–H and O–H groups in total. The SMILES string of the molecule is CCCNc1cc(Nc2ccccc2C(C)(C)C)ncn1. The van der Waals surface area contributed by atoms with Crippen LogP contribution in [0.3, 0.4) is 0 Å². The van der Waals surface area contributed by atoms with Crippen molar-refractivity contribution < 1.29 is 0 Å². The van der Waals surface area contributed by atoms with Gasteiger partial charge in [0.1, 0.15) is 18.0 Å². The van der Waals surface area contributed by atoms with E-state index in [0.29, 0.717) is 0 Å². The summed E-state index contributed by atoms with van der Waals surface area (Å²) < 4.78 is 0. The van der Waals surface area contributed by atoms with Crippen LogP contribution in [0.15, 0.2) is 36.7 Å². The van der Waals surface area contributed by atoms with Crippen molar-refractivity contribution >= 4 is 17.3 Å². The molecule has 0 radical (unpaired) electrons. The van der Waals surface area contributed by atoms with Gasteiger partial charge in [-0.05, 0) is 23.5 Å². The highest BCUT2D eigenvalue weighted by atomic mass is 15.1. The van der Waals surface area contributed by atoms with Crippen molar-refractivity contribution in [2.75, 3.05) is 17.2 Å². The van der Waals surface area contributed by atoms with Gasteiger partial charge < -0.3 is 10.6 Å². The Morgan fingerprint density at radius 3 is 2.48 bits per heavy atom. The molecule has 0 saturated heterocycles. The van der Waals surface area contributed by atoms with Gasteiger partial charge in [0.15, 0.2) is 0 Å². The Balaban J connectivity index is 2.23. The normalized spacial score (nSPS) is 11.2. The molecule has 0 aliphatic carbocycles. The van der Waals surface area contributed by atoms with E-state index in [0.717, 1.165) is 30.3 Å². The lowest BCUT2D eigenvalue weighted by Crippen LogP contribution is -2.13. The molecular weight excluding hydrogens is 260 g/mol. The molecule has 112 valence electrons. The topological polar surface area (TPSA) is 49.8 Å². The molecule has 0 aliphatic rings. The van der Waals surface area contributed by atoms with E-state index in [2.05, 4.69) is 66.5 Å². The van der Waals surface area contributed by atoms with Crippen LogP contribution in [-0.4, -0.2) is 16.5 Å². The summed E-state index contributed by atoms with van der Waals surface area (Å²) >= 11 is 0. The Labute approximate surface area is 127 Å². The second-order valence-electron chi connectivity index (χ2n) is 6.14. The lowest BCUT2D eigenvalue weighted by atomic mass is 9.86. The standard InChI is InChI=1S/C17H24N4/c1-5-10-18-15-11-16(20-12-19-15)21-14-9-7-6-8-13(14)17(2,3)4/h6-9,11-12H,5,10H2,1-4H3,(H2,18,19,20,21). The molecule has 1 aromatic heterocycles. The Morgan fingerprint density at radius 2 is 1.76 bits per heavy atom. The molecule has 0 saturated carbocycles. The van der Waals surface area contributed by atoms with Gasteiger partial charge in [0.05, 0.1) is 0 Å². The molecule has 2 aromatic rings. The number of para-hydroxylation sites is 1. The molecule has 0 amide bonds. The van der Waals surface area contributed by atoms with Crippen LogP contribution in [-0.2, 0) is 5.41 Å². The first-order valence-corrected chi connectivity index (χ1v) is 7.43. The average molecular weight is 284 g/mol. The maximum Gasteiger partial charge on any atom is 0.135 e. The Kier molecular flexibility index (Phi) is 4.78. The minimum Gasteiger partial charge on any atom is -0.370 e. The number of nitrogens with one attached hydrogen (secondary N) is 2. The molecule has 0 aliphatic heterocycles. The fourth-order valence-electron chi connectivity index (χ4n) is 2.16. The first-order valence-electron chi connectivity index (χ1n) is 7.43. The van der Waals surface area contributed by atoms with Gasteiger partial charge in [0.2, 0.25) is 0 Å². The monoisotopic (exact) mass is 284 g/mol. The smallest absolute Gasteiger partial charge is 0.135 e. The van der Waals surface area contributed by atoms with Crippen LogP contribution in [0.5, 0.6) is 0 Å². The van der Waals surface area contributed by atoms with Crippen LogP contribution < -0.4 is 10.6 Å². The van der Waals surface area contributed by atoms with Gasteiger partial charge in [0.25, 0.3) is 0 Å². The van der Waals surface area contributed by atoms with Gasteiger partial charge in [-0.2, -0.15) is 0 Å². The molecule has 0 atom stereocenters. The van der Waals surface area contributed by atoms with E-state index in [1.54, 1.807) is 6.33 Å². The van der Waals surface area contributed by atoms with Crippen LogP contribution >= 0.6 is 0 Å². The van der Waals surface area contributed by atoms with E-state index >= 15 is 0 Å². The van der Waals surface area contributed by atoms with E-state index in [1.165, 1.54) is 5.56 Å². The zero-order valence-electron chi connectivity index (χ0n) is 13.3. The minimum atomic E-state index is 0.0832. The molecule has 0 bridgehead atoms. The van der Waals surface area contributed by atoms with E-state index in [9.17, 15) is 0 Å². The predicted molar refractivity (Wildman–Crippen MR) is 89.2 cm³/mol. The van der Waals surface area contributed by atoms with Crippen LogP contribution in [0.25, 0.3) is 0 Å². The molecule has 21 heavy (non-hydrogen) atoms. The highest BCUT2D eigenvalue weighted by Crippen LogP contribution is 2.30.